The highest BCUT2D eigenvalue weighted by Crippen LogP contribution is 2.38. The van der Waals surface area contributed by atoms with Gasteiger partial charge < -0.3 is 10.5 Å². The first-order chi connectivity index (χ1) is 11.6. The molecule has 2 aromatic rings. The Morgan fingerprint density at radius 3 is 2.46 bits per heavy atom. The highest BCUT2D eigenvalue weighted by Gasteiger charge is 2.23. The van der Waals surface area contributed by atoms with Crippen LogP contribution in [0.4, 0.5) is 5.82 Å². The zero-order valence-electron chi connectivity index (χ0n) is 15.0. The summed E-state index contributed by atoms with van der Waals surface area (Å²) >= 11 is 0. The average Bonchev–Trinajstić information content (AvgIpc) is 2.58. The van der Waals surface area contributed by atoms with Crippen molar-refractivity contribution in [1.29, 1.82) is 0 Å². The van der Waals surface area contributed by atoms with Gasteiger partial charge in [-0.15, -0.1) is 0 Å². The fourth-order valence-corrected chi connectivity index (χ4v) is 3.94. The minimum Gasteiger partial charge on any atom is -0.496 e. The minimum atomic E-state index is 0.680. The number of nitrogens with two attached hydrogens (primary N) is 1. The lowest BCUT2D eigenvalue weighted by atomic mass is 9.76. The highest BCUT2D eigenvalue weighted by molar-refractivity contribution is 5.40. The molecule has 1 fully saturated rings. The third kappa shape index (κ3) is 3.72. The van der Waals surface area contributed by atoms with Gasteiger partial charge in [0.15, 0.2) is 0 Å². The number of hydrogen-bond donors (Lipinski definition) is 1. The van der Waals surface area contributed by atoms with E-state index < -0.39 is 0 Å². The number of rotatable bonds is 4. The summed E-state index contributed by atoms with van der Waals surface area (Å²) in [5, 5.41) is 0. The number of hydrogen-bond acceptors (Lipinski definition) is 3. The van der Waals surface area contributed by atoms with E-state index in [0.717, 1.165) is 23.8 Å². The summed E-state index contributed by atoms with van der Waals surface area (Å²) in [6, 6.07) is 10.9. The molecule has 2 N–H and O–H groups in total. The number of nitrogens with zero attached hydrogens (tertiary/aromatic N) is 1. The number of benzene rings is 1. The molecule has 3 rings (SSSR count). The quantitative estimate of drug-likeness (QED) is 0.878. The normalized spacial score (nSPS) is 20.8. The molecule has 1 aromatic carbocycles. The van der Waals surface area contributed by atoms with Gasteiger partial charge in [0.25, 0.3) is 0 Å². The second-order valence-electron chi connectivity index (χ2n) is 7.15. The number of nitrogen functional groups attached to an aromatic ring is 1. The zero-order chi connectivity index (χ0) is 17.1. The van der Waals surface area contributed by atoms with Gasteiger partial charge in [-0.1, -0.05) is 18.2 Å². The van der Waals surface area contributed by atoms with Gasteiger partial charge in [0.2, 0.25) is 0 Å². The summed E-state index contributed by atoms with van der Waals surface area (Å²) in [5.41, 5.74) is 11.0. The molecule has 1 saturated carbocycles. The molecule has 0 bridgehead atoms. The van der Waals surface area contributed by atoms with E-state index in [1.54, 1.807) is 7.11 Å². The van der Waals surface area contributed by atoms with Crippen LogP contribution in [0.5, 0.6) is 5.75 Å². The van der Waals surface area contributed by atoms with Gasteiger partial charge in [-0.3, -0.25) is 0 Å². The van der Waals surface area contributed by atoms with Crippen molar-refractivity contribution < 1.29 is 4.74 Å². The van der Waals surface area contributed by atoms with Gasteiger partial charge >= 0.3 is 0 Å². The summed E-state index contributed by atoms with van der Waals surface area (Å²) in [6.45, 7) is 4.11. The number of anilines is 1. The molecule has 0 radical (unpaired) electrons. The molecule has 0 unspecified atom stereocenters. The number of pyridine rings is 1. The molecule has 1 aliphatic carbocycles. The Bertz CT molecular complexity index is 703. The van der Waals surface area contributed by atoms with Crippen molar-refractivity contribution in [3.8, 4) is 5.75 Å². The van der Waals surface area contributed by atoms with Crippen LogP contribution in [0.15, 0.2) is 30.3 Å². The van der Waals surface area contributed by atoms with Crippen LogP contribution < -0.4 is 10.5 Å². The van der Waals surface area contributed by atoms with Gasteiger partial charge in [-0.25, -0.2) is 4.98 Å². The topological polar surface area (TPSA) is 48.1 Å². The Hall–Kier alpha value is -2.03. The van der Waals surface area contributed by atoms with E-state index in [4.69, 9.17) is 10.5 Å². The summed E-state index contributed by atoms with van der Waals surface area (Å²) in [4.78, 5) is 4.39. The summed E-state index contributed by atoms with van der Waals surface area (Å²) in [6.07, 6.45) is 6.12. The molecular formula is C21H28N2O. The van der Waals surface area contributed by atoms with Crippen LogP contribution in [0.3, 0.4) is 0 Å². The van der Waals surface area contributed by atoms with Crippen LogP contribution in [0.25, 0.3) is 0 Å². The smallest absolute Gasteiger partial charge is 0.126 e. The van der Waals surface area contributed by atoms with E-state index in [1.807, 2.05) is 6.92 Å². The monoisotopic (exact) mass is 324 g/mol. The van der Waals surface area contributed by atoms with Crippen LogP contribution in [0.2, 0.25) is 0 Å². The van der Waals surface area contributed by atoms with Gasteiger partial charge in [0, 0.05) is 5.69 Å². The van der Waals surface area contributed by atoms with Crippen molar-refractivity contribution >= 4 is 5.82 Å². The third-order valence-corrected chi connectivity index (χ3v) is 5.40. The first-order valence-corrected chi connectivity index (χ1v) is 8.93. The minimum absolute atomic E-state index is 0.680. The predicted octanol–water partition coefficient (Wildman–Crippen LogP) is 4.81. The number of aromatic nitrogens is 1. The maximum absolute atomic E-state index is 6.08. The second kappa shape index (κ2) is 7.25. The van der Waals surface area contributed by atoms with E-state index >= 15 is 0 Å². The lowest BCUT2D eigenvalue weighted by Gasteiger charge is -2.29. The molecule has 0 amide bonds. The van der Waals surface area contributed by atoms with Crippen molar-refractivity contribution in [2.75, 3.05) is 12.8 Å². The first kappa shape index (κ1) is 16.8. The van der Waals surface area contributed by atoms with Crippen molar-refractivity contribution in [3.05, 3.63) is 52.7 Å². The maximum atomic E-state index is 6.08. The molecule has 1 aromatic heterocycles. The summed E-state index contributed by atoms with van der Waals surface area (Å²) in [7, 11) is 1.73. The molecule has 3 heteroatoms. The van der Waals surface area contributed by atoms with E-state index in [2.05, 4.69) is 42.2 Å². The number of ether oxygens (including phenoxy) is 1. The lowest BCUT2D eigenvalue weighted by Crippen LogP contribution is -2.16. The molecule has 1 heterocycles. The fraction of sp³-hybridized carbons (Fsp3) is 0.476. The zero-order valence-corrected chi connectivity index (χ0v) is 15.0. The molecule has 128 valence electrons. The molecule has 0 spiro atoms. The Balaban J connectivity index is 1.60. The van der Waals surface area contributed by atoms with E-state index in [9.17, 15) is 0 Å². The van der Waals surface area contributed by atoms with Crippen molar-refractivity contribution in [2.45, 2.75) is 51.9 Å². The largest absolute Gasteiger partial charge is 0.496 e. The first-order valence-electron chi connectivity index (χ1n) is 8.93. The van der Waals surface area contributed by atoms with Crippen LogP contribution in [-0.2, 0) is 6.42 Å². The van der Waals surface area contributed by atoms with E-state index in [-0.39, 0.29) is 0 Å². The van der Waals surface area contributed by atoms with E-state index in [1.165, 1.54) is 42.4 Å². The Morgan fingerprint density at radius 2 is 1.83 bits per heavy atom. The maximum Gasteiger partial charge on any atom is 0.126 e. The molecule has 24 heavy (non-hydrogen) atoms. The predicted molar refractivity (Wildman–Crippen MR) is 99.5 cm³/mol. The van der Waals surface area contributed by atoms with Crippen molar-refractivity contribution in [2.24, 2.45) is 5.92 Å². The standard InChI is InChI=1S/C21H28N2O/c1-14-12-18(10-11-20(14)24-3)17-8-5-16(6-9-17)13-19-7-4-15(2)23-21(19)22/h4,7,10-12,16-17H,5-6,8-9,13H2,1-3H3,(H2,22,23). The summed E-state index contributed by atoms with van der Waals surface area (Å²) in [5.74, 6) is 3.10. The van der Waals surface area contributed by atoms with Crippen LogP contribution >= 0.6 is 0 Å². The Morgan fingerprint density at radius 1 is 1.08 bits per heavy atom. The van der Waals surface area contributed by atoms with Gasteiger partial charge in [0.05, 0.1) is 7.11 Å². The fourth-order valence-electron chi connectivity index (χ4n) is 3.94. The van der Waals surface area contributed by atoms with Crippen LogP contribution in [0, 0.1) is 19.8 Å². The van der Waals surface area contributed by atoms with Crippen molar-refractivity contribution in [3.63, 3.8) is 0 Å². The lowest BCUT2D eigenvalue weighted by molar-refractivity contribution is 0.324. The highest BCUT2D eigenvalue weighted by atomic mass is 16.5. The molecule has 3 nitrogen and oxygen atoms in total. The average molecular weight is 324 g/mol. The molecule has 0 atom stereocenters. The number of methoxy groups -OCH3 is 1. The number of aryl methyl sites for hydroxylation is 2. The Labute approximate surface area is 145 Å². The third-order valence-electron chi connectivity index (χ3n) is 5.40. The van der Waals surface area contributed by atoms with Gasteiger partial charge in [-0.2, -0.15) is 0 Å². The molecular weight excluding hydrogens is 296 g/mol. The van der Waals surface area contributed by atoms with E-state index in [0.29, 0.717) is 11.7 Å². The molecule has 0 aliphatic heterocycles. The van der Waals surface area contributed by atoms with Gasteiger partial charge in [-0.05, 0) is 86.6 Å². The van der Waals surface area contributed by atoms with Crippen LogP contribution in [0.1, 0.15) is 54.0 Å². The summed E-state index contributed by atoms with van der Waals surface area (Å²) < 4.78 is 5.37. The van der Waals surface area contributed by atoms with Crippen LogP contribution in [-0.4, -0.2) is 12.1 Å². The Kier molecular flexibility index (Phi) is 5.08. The molecule has 1 aliphatic rings. The van der Waals surface area contributed by atoms with Crippen molar-refractivity contribution in [1.82, 2.24) is 4.98 Å². The van der Waals surface area contributed by atoms with Gasteiger partial charge in [0.1, 0.15) is 11.6 Å². The molecule has 0 saturated heterocycles. The second-order valence-corrected chi connectivity index (χ2v) is 7.15. The SMILES string of the molecule is COc1ccc(C2CCC(Cc3ccc(C)nc3N)CC2)cc1C.